The van der Waals surface area contributed by atoms with Crippen molar-refractivity contribution in [1.29, 1.82) is 0 Å². The molecule has 0 saturated heterocycles. The van der Waals surface area contributed by atoms with E-state index in [1.807, 2.05) is 0 Å². The molecule has 1 aliphatic rings. The molecule has 0 saturated carbocycles. The summed E-state index contributed by atoms with van der Waals surface area (Å²) in [5.41, 5.74) is 11.1. The van der Waals surface area contributed by atoms with E-state index in [0.29, 0.717) is 6.54 Å². The third-order valence-corrected chi connectivity index (χ3v) is 2.80. The Bertz CT molecular complexity index is 533. The Balaban J connectivity index is 2.46. The first-order chi connectivity index (χ1) is 6.90. The summed E-state index contributed by atoms with van der Waals surface area (Å²) in [6.07, 6.45) is 2.13. The number of hydrogen-bond acceptors (Lipinski definition) is 0. The first-order valence-corrected chi connectivity index (χ1v) is 4.77. The van der Waals surface area contributed by atoms with Crippen LogP contribution in [0.4, 0.5) is 0 Å². The van der Waals surface area contributed by atoms with Gasteiger partial charge in [0, 0.05) is 6.54 Å². The third kappa shape index (κ3) is 0.875. The molecule has 2 aromatic rings. The Hall–Kier alpha value is -1.60. The maximum absolute atomic E-state index is 7.47. The van der Waals surface area contributed by atoms with Gasteiger partial charge in [0.25, 0.3) is 0 Å². The first-order valence-electron chi connectivity index (χ1n) is 4.77. The molecule has 0 amide bonds. The van der Waals surface area contributed by atoms with Crippen molar-refractivity contribution in [3.63, 3.8) is 0 Å². The van der Waals surface area contributed by atoms with Crippen LogP contribution in [-0.4, -0.2) is 6.54 Å². The Morgan fingerprint density at radius 1 is 1.00 bits per heavy atom. The van der Waals surface area contributed by atoms with Gasteiger partial charge in [-0.1, -0.05) is 36.4 Å². The second-order valence-corrected chi connectivity index (χ2v) is 3.60. The fraction of sp³-hybridized carbons (Fsp3) is 0.0769. The van der Waals surface area contributed by atoms with Crippen LogP contribution in [0.5, 0.6) is 0 Å². The molecule has 0 aliphatic heterocycles. The van der Waals surface area contributed by atoms with E-state index in [0.717, 1.165) is 5.57 Å². The van der Waals surface area contributed by atoms with E-state index in [9.17, 15) is 0 Å². The standard InChI is InChI=1S/C13H10N/c14-8-11-7-10-5-1-3-9-4-2-6-12(11)13(9)10/h1-7,14H,8H2. The maximum Gasteiger partial charge on any atom is 0.0357 e. The molecule has 1 N–H and O–H groups in total. The van der Waals surface area contributed by atoms with Gasteiger partial charge in [-0.25, -0.2) is 0 Å². The van der Waals surface area contributed by atoms with Crippen LogP contribution >= 0.6 is 0 Å². The molecular formula is C13H10N. The Morgan fingerprint density at radius 3 is 2.57 bits per heavy atom. The van der Waals surface area contributed by atoms with Crippen LogP contribution in [-0.2, 0) is 0 Å². The third-order valence-electron chi connectivity index (χ3n) is 2.80. The minimum atomic E-state index is 0.369. The highest BCUT2D eigenvalue weighted by molar-refractivity contribution is 6.09. The van der Waals surface area contributed by atoms with Crippen LogP contribution < -0.4 is 5.73 Å². The van der Waals surface area contributed by atoms with Crippen molar-refractivity contribution in [2.24, 2.45) is 0 Å². The SMILES string of the molecule is [NH]CC1=Cc2cccc3cccc1c23. The highest BCUT2D eigenvalue weighted by Gasteiger charge is 2.14. The molecule has 14 heavy (non-hydrogen) atoms. The van der Waals surface area contributed by atoms with Crippen LogP contribution in [0.3, 0.4) is 0 Å². The van der Waals surface area contributed by atoms with Crippen molar-refractivity contribution in [2.45, 2.75) is 0 Å². The summed E-state index contributed by atoms with van der Waals surface area (Å²) in [5, 5.41) is 2.59. The topological polar surface area (TPSA) is 23.8 Å². The van der Waals surface area contributed by atoms with Crippen molar-refractivity contribution >= 4 is 22.4 Å². The number of rotatable bonds is 1. The molecule has 0 unspecified atom stereocenters. The molecule has 1 nitrogen and oxygen atoms in total. The Labute approximate surface area is 82.9 Å². The summed E-state index contributed by atoms with van der Waals surface area (Å²) in [6, 6.07) is 12.6. The lowest BCUT2D eigenvalue weighted by atomic mass is 10.0. The summed E-state index contributed by atoms with van der Waals surface area (Å²) in [4.78, 5) is 0. The molecule has 2 aromatic carbocycles. The van der Waals surface area contributed by atoms with Gasteiger partial charge in [-0.2, -0.15) is 0 Å². The van der Waals surface area contributed by atoms with E-state index >= 15 is 0 Å². The molecule has 3 rings (SSSR count). The predicted octanol–water partition coefficient (Wildman–Crippen LogP) is 2.98. The lowest BCUT2D eigenvalue weighted by Gasteiger charge is -2.02. The molecular weight excluding hydrogens is 170 g/mol. The smallest absolute Gasteiger partial charge is 0.0357 e. The largest absolute Gasteiger partial charge is 0.253 e. The van der Waals surface area contributed by atoms with Gasteiger partial charge in [0.15, 0.2) is 0 Å². The van der Waals surface area contributed by atoms with Crippen molar-refractivity contribution in [2.75, 3.05) is 6.54 Å². The summed E-state index contributed by atoms with van der Waals surface area (Å²) in [5.74, 6) is 0. The molecule has 67 valence electrons. The van der Waals surface area contributed by atoms with Crippen molar-refractivity contribution < 1.29 is 0 Å². The van der Waals surface area contributed by atoms with Gasteiger partial charge >= 0.3 is 0 Å². The van der Waals surface area contributed by atoms with Crippen LogP contribution in [0.15, 0.2) is 36.4 Å². The summed E-state index contributed by atoms with van der Waals surface area (Å²) < 4.78 is 0. The van der Waals surface area contributed by atoms with Gasteiger partial charge in [0.1, 0.15) is 0 Å². The van der Waals surface area contributed by atoms with E-state index in [-0.39, 0.29) is 0 Å². The van der Waals surface area contributed by atoms with Gasteiger partial charge in [-0.15, -0.1) is 0 Å². The molecule has 0 atom stereocenters. The van der Waals surface area contributed by atoms with E-state index in [1.54, 1.807) is 0 Å². The molecule has 1 aliphatic carbocycles. The van der Waals surface area contributed by atoms with Crippen LogP contribution in [0.1, 0.15) is 11.1 Å². The average Bonchev–Trinajstić information content (AvgIpc) is 2.60. The number of benzene rings is 2. The number of nitrogens with one attached hydrogen (secondary N) is 1. The summed E-state index contributed by atoms with van der Waals surface area (Å²) in [7, 11) is 0. The van der Waals surface area contributed by atoms with Crippen LogP contribution in [0.25, 0.3) is 22.4 Å². The van der Waals surface area contributed by atoms with Crippen molar-refractivity contribution in [3.05, 3.63) is 47.5 Å². The minimum absolute atomic E-state index is 0.369. The highest BCUT2D eigenvalue weighted by Crippen LogP contribution is 2.35. The molecule has 1 heteroatoms. The van der Waals surface area contributed by atoms with Gasteiger partial charge in [0.2, 0.25) is 0 Å². The molecule has 0 heterocycles. The van der Waals surface area contributed by atoms with Gasteiger partial charge in [-0.3, -0.25) is 5.73 Å². The van der Waals surface area contributed by atoms with Crippen molar-refractivity contribution in [3.8, 4) is 0 Å². The van der Waals surface area contributed by atoms with E-state index in [2.05, 4.69) is 42.5 Å². The van der Waals surface area contributed by atoms with E-state index in [4.69, 9.17) is 5.73 Å². The first kappa shape index (κ1) is 7.77. The Kier molecular flexibility index (Phi) is 1.49. The molecule has 0 spiro atoms. The molecule has 0 bridgehead atoms. The minimum Gasteiger partial charge on any atom is -0.253 e. The average molecular weight is 180 g/mol. The van der Waals surface area contributed by atoms with Gasteiger partial charge in [0.05, 0.1) is 0 Å². The fourth-order valence-electron chi connectivity index (χ4n) is 2.17. The van der Waals surface area contributed by atoms with E-state index < -0.39 is 0 Å². The van der Waals surface area contributed by atoms with Gasteiger partial charge < -0.3 is 0 Å². The highest BCUT2D eigenvalue weighted by atomic mass is 14.5. The summed E-state index contributed by atoms with van der Waals surface area (Å²) >= 11 is 0. The number of hydrogen-bond donors (Lipinski definition) is 0. The zero-order chi connectivity index (χ0) is 9.54. The molecule has 0 aromatic heterocycles. The molecule has 1 radical (unpaired) electrons. The monoisotopic (exact) mass is 180 g/mol. The second-order valence-electron chi connectivity index (χ2n) is 3.60. The second kappa shape index (κ2) is 2.69. The van der Waals surface area contributed by atoms with Crippen LogP contribution in [0, 0.1) is 0 Å². The van der Waals surface area contributed by atoms with Gasteiger partial charge in [-0.05, 0) is 33.5 Å². The maximum atomic E-state index is 7.47. The lowest BCUT2D eigenvalue weighted by Crippen LogP contribution is -1.88. The fourth-order valence-corrected chi connectivity index (χ4v) is 2.17. The normalized spacial score (nSPS) is 13.4. The summed E-state index contributed by atoms with van der Waals surface area (Å²) in [6.45, 7) is 0.369. The zero-order valence-electron chi connectivity index (χ0n) is 7.75. The predicted molar refractivity (Wildman–Crippen MR) is 59.8 cm³/mol. The van der Waals surface area contributed by atoms with Crippen LogP contribution in [0.2, 0.25) is 0 Å². The zero-order valence-corrected chi connectivity index (χ0v) is 7.75. The lowest BCUT2D eigenvalue weighted by molar-refractivity contribution is 1.22. The quantitative estimate of drug-likeness (QED) is 0.644. The molecule has 0 fully saturated rings. The Morgan fingerprint density at radius 2 is 1.79 bits per heavy atom. The van der Waals surface area contributed by atoms with E-state index in [1.165, 1.54) is 21.9 Å². The van der Waals surface area contributed by atoms with Crippen molar-refractivity contribution in [1.82, 2.24) is 5.73 Å².